The Balaban J connectivity index is 1.83. The van der Waals surface area contributed by atoms with E-state index in [0.717, 1.165) is 11.1 Å². The van der Waals surface area contributed by atoms with E-state index in [1.54, 1.807) is 49.6 Å². The Morgan fingerprint density at radius 1 is 1.03 bits per heavy atom. The monoisotopic (exact) mass is 486 g/mol. The summed E-state index contributed by atoms with van der Waals surface area (Å²) in [6.07, 6.45) is 2.13. The fourth-order valence-corrected chi connectivity index (χ4v) is 3.25. The third-order valence-electron chi connectivity index (χ3n) is 4.73. The summed E-state index contributed by atoms with van der Waals surface area (Å²) < 4.78 is 10.9. The molecule has 1 aromatic heterocycles. The molecule has 2 amide bonds. The van der Waals surface area contributed by atoms with Crippen molar-refractivity contribution in [3.8, 4) is 11.3 Å². The second-order valence-corrected chi connectivity index (χ2v) is 8.13. The number of rotatable bonds is 9. The van der Waals surface area contributed by atoms with Gasteiger partial charge in [0.25, 0.3) is 11.8 Å². The summed E-state index contributed by atoms with van der Waals surface area (Å²) in [5.74, 6) is 0.107. The Kier molecular flexibility index (Phi) is 8.72. The lowest BCUT2D eigenvalue weighted by molar-refractivity contribution is -0.117. The molecule has 0 spiro atoms. The zero-order chi connectivity index (χ0) is 23.8. The topological polar surface area (TPSA) is 80.6 Å². The van der Waals surface area contributed by atoms with Crippen LogP contribution in [0.3, 0.4) is 0 Å². The molecule has 1 heterocycles. The molecule has 0 aliphatic rings. The van der Waals surface area contributed by atoms with Gasteiger partial charge in [0.05, 0.1) is 10.0 Å². The van der Waals surface area contributed by atoms with Gasteiger partial charge in [-0.3, -0.25) is 9.59 Å². The van der Waals surface area contributed by atoms with Gasteiger partial charge in [-0.15, -0.1) is 0 Å². The number of methoxy groups -OCH3 is 1. The van der Waals surface area contributed by atoms with Crippen molar-refractivity contribution in [2.45, 2.75) is 13.3 Å². The van der Waals surface area contributed by atoms with Crippen molar-refractivity contribution >= 4 is 41.1 Å². The molecular weight excluding hydrogens is 463 g/mol. The summed E-state index contributed by atoms with van der Waals surface area (Å²) in [6.45, 7) is 2.85. The molecular formula is C25H24Cl2N2O4. The Bertz CT molecular complexity index is 1150. The second-order valence-electron chi connectivity index (χ2n) is 7.31. The van der Waals surface area contributed by atoms with Gasteiger partial charge >= 0.3 is 0 Å². The molecule has 3 rings (SSSR count). The van der Waals surface area contributed by atoms with Crippen molar-refractivity contribution < 1.29 is 18.7 Å². The average Bonchev–Trinajstić information content (AvgIpc) is 3.27. The molecule has 2 N–H and O–H groups in total. The Morgan fingerprint density at radius 2 is 1.79 bits per heavy atom. The van der Waals surface area contributed by atoms with Crippen LogP contribution < -0.4 is 10.6 Å². The van der Waals surface area contributed by atoms with Crippen LogP contribution in [0.4, 0.5) is 0 Å². The van der Waals surface area contributed by atoms with Gasteiger partial charge in [-0.05, 0) is 55.8 Å². The van der Waals surface area contributed by atoms with Crippen LogP contribution in [0.15, 0.2) is 64.7 Å². The molecule has 2 aromatic carbocycles. The van der Waals surface area contributed by atoms with Crippen LogP contribution in [0, 0.1) is 6.92 Å². The number of amides is 2. The number of ether oxygens (including phenoxy) is 1. The molecule has 8 heteroatoms. The number of nitrogens with one attached hydrogen (secondary N) is 2. The quantitative estimate of drug-likeness (QED) is 0.309. The van der Waals surface area contributed by atoms with Gasteiger partial charge in [-0.1, -0.05) is 40.9 Å². The normalized spacial score (nSPS) is 11.3. The number of hydrogen-bond donors (Lipinski definition) is 2. The SMILES string of the molecule is COCCCNC(=O)/C(=C\c1ccc(-c2ccc(Cl)c(Cl)c2)o1)NC(=O)c1ccc(C)cc1. The van der Waals surface area contributed by atoms with Gasteiger partial charge in [0.2, 0.25) is 0 Å². The Hall–Kier alpha value is -3.06. The van der Waals surface area contributed by atoms with Crippen LogP contribution in [0.25, 0.3) is 17.4 Å². The number of halogens is 2. The van der Waals surface area contributed by atoms with E-state index in [2.05, 4.69) is 10.6 Å². The van der Waals surface area contributed by atoms with Crippen molar-refractivity contribution in [2.24, 2.45) is 0 Å². The van der Waals surface area contributed by atoms with Crippen LogP contribution in [-0.2, 0) is 9.53 Å². The molecule has 0 unspecified atom stereocenters. The smallest absolute Gasteiger partial charge is 0.267 e. The minimum atomic E-state index is -0.431. The highest BCUT2D eigenvalue weighted by atomic mass is 35.5. The third kappa shape index (κ3) is 6.96. The fraction of sp³-hybridized carbons (Fsp3) is 0.200. The summed E-state index contributed by atoms with van der Waals surface area (Å²) in [5.41, 5.74) is 2.27. The van der Waals surface area contributed by atoms with E-state index in [0.29, 0.717) is 46.7 Å². The summed E-state index contributed by atoms with van der Waals surface area (Å²) in [5, 5.41) is 6.32. The molecule has 0 atom stereocenters. The maximum Gasteiger partial charge on any atom is 0.267 e. The van der Waals surface area contributed by atoms with Gasteiger partial charge < -0.3 is 19.8 Å². The van der Waals surface area contributed by atoms with E-state index in [1.807, 2.05) is 19.1 Å². The highest BCUT2D eigenvalue weighted by Gasteiger charge is 2.16. The maximum absolute atomic E-state index is 12.8. The number of aryl methyl sites for hydroxylation is 1. The van der Waals surface area contributed by atoms with Crippen molar-refractivity contribution in [2.75, 3.05) is 20.3 Å². The standard InChI is InChI=1S/C25H24Cl2N2O4/c1-16-4-6-17(7-5-16)24(30)29-22(25(31)28-12-3-13-32-2)15-19-9-11-23(33-19)18-8-10-20(26)21(27)14-18/h4-11,14-15H,3,12-13H2,1-2H3,(H,28,31)(H,29,30)/b22-15+. The number of hydrogen-bond acceptors (Lipinski definition) is 4. The fourth-order valence-electron chi connectivity index (χ4n) is 2.95. The zero-order valence-electron chi connectivity index (χ0n) is 18.3. The largest absolute Gasteiger partial charge is 0.457 e. The summed E-state index contributed by atoms with van der Waals surface area (Å²) in [4.78, 5) is 25.5. The number of furan rings is 1. The molecule has 6 nitrogen and oxygen atoms in total. The molecule has 0 saturated carbocycles. The molecule has 3 aromatic rings. The van der Waals surface area contributed by atoms with Gasteiger partial charge in [0.15, 0.2) is 0 Å². The Morgan fingerprint density at radius 3 is 2.48 bits per heavy atom. The predicted octanol–water partition coefficient (Wildman–Crippen LogP) is 5.49. The highest BCUT2D eigenvalue weighted by molar-refractivity contribution is 6.42. The van der Waals surface area contributed by atoms with Crippen LogP contribution in [0.5, 0.6) is 0 Å². The zero-order valence-corrected chi connectivity index (χ0v) is 19.8. The molecule has 0 fully saturated rings. The minimum Gasteiger partial charge on any atom is -0.457 e. The first-order chi connectivity index (χ1) is 15.9. The van der Waals surface area contributed by atoms with Crippen molar-refractivity contribution in [3.63, 3.8) is 0 Å². The minimum absolute atomic E-state index is 0.0630. The second kappa shape index (κ2) is 11.7. The van der Waals surface area contributed by atoms with E-state index >= 15 is 0 Å². The number of carbonyl (C=O) groups excluding carboxylic acids is 2. The van der Waals surface area contributed by atoms with Gasteiger partial charge in [-0.2, -0.15) is 0 Å². The first-order valence-electron chi connectivity index (χ1n) is 10.3. The lowest BCUT2D eigenvalue weighted by Crippen LogP contribution is -2.35. The molecule has 172 valence electrons. The van der Waals surface area contributed by atoms with Crippen LogP contribution in [0.1, 0.15) is 28.1 Å². The van der Waals surface area contributed by atoms with Gasteiger partial charge in [0.1, 0.15) is 17.2 Å². The van der Waals surface area contributed by atoms with Crippen molar-refractivity contribution in [3.05, 3.63) is 87.2 Å². The lowest BCUT2D eigenvalue weighted by atomic mass is 10.1. The van der Waals surface area contributed by atoms with Crippen LogP contribution in [0.2, 0.25) is 10.0 Å². The number of benzene rings is 2. The third-order valence-corrected chi connectivity index (χ3v) is 5.47. The average molecular weight is 487 g/mol. The molecule has 0 bridgehead atoms. The van der Waals surface area contributed by atoms with Crippen LogP contribution in [-0.4, -0.2) is 32.1 Å². The van der Waals surface area contributed by atoms with Crippen molar-refractivity contribution in [1.29, 1.82) is 0 Å². The van der Waals surface area contributed by atoms with Crippen LogP contribution >= 0.6 is 23.2 Å². The van der Waals surface area contributed by atoms with E-state index in [4.69, 9.17) is 32.4 Å². The summed E-state index contributed by atoms with van der Waals surface area (Å²) in [6, 6.07) is 15.7. The first-order valence-corrected chi connectivity index (χ1v) is 11.0. The van der Waals surface area contributed by atoms with E-state index in [-0.39, 0.29) is 5.70 Å². The molecule has 0 radical (unpaired) electrons. The molecule has 0 saturated heterocycles. The highest BCUT2D eigenvalue weighted by Crippen LogP contribution is 2.30. The van der Waals surface area contributed by atoms with Gasteiger partial charge in [0, 0.05) is 37.5 Å². The maximum atomic E-state index is 12.8. The van der Waals surface area contributed by atoms with E-state index in [1.165, 1.54) is 6.08 Å². The lowest BCUT2D eigenvalue weighted by Gasteiger charge is -2.11. The number of carbonyl (C=O) groups is 2. The van der Waals surface area contributed by atoms with Crippen molar-refractivity contribution in [1.82, 2.24) is 10.6 Å². The first kappa shape index (κ1) is 24.6. The Labute approximate surface area is 202 Å². The molecule has 0 aliphatic carbocycles. The summed E-state index contributed by atoms with van der Waals surface area (Å²) in [7, 11) is 1.59. The van der Waals surface area contributed by atoms with E-state index in [9.17, 15) is 9.59 Å². The summed E-state index contributed by atoms with van der Waals surface area (Å²) >= 11 is 12.1. The predicted molar refractivity (Wildman–Crippen MR) is 130 cm³/mol. The molecule has 0 aliphatic heterocycles. The molecule has 33 heavy (non-hydrogen) atoms. The van der Waals surface area contributed by atoms with E-state index < -0.39 is 11.8 Å². The van der Waals surface area contributed by atoms with Gasteiger partial charge in [-0.25, -0.2) is 0 Å².